The predicted molar refractivity (Wildman–Crippen MR) is 83.6 cm³/mol. The monoisotopic (exact) mass is 280 g/mol. The average molecular weight is 280 g/mol. The summed E-state index contributed by atoms with van der Waals surface area (Å²) in [6.07, 6.45) is 10.8. The minimum absolute atomic E-state index is 0.251. The van der Waals surface area contributed by atoms with Crippen molar-refractivity contribution in [3.8, 4) is 0 Å². The number of nitrogens with one attached hydrogen (secondary N) is 2. The second kappa shape index (κ2) is 7.44. The van der Waals surface area contributed by atoms with Crippen LogP contribution in [0.15, 0.2) is 0 Å². The van der Waals surface area contributed by atoms with Gasteiger partial charge in [0.25, 0.3) is 0 Å². The van der Waals surface area contributed by atoms with E-state index in [2.05, 4.69) is 24.5 Å². The highest BCUT2D eigenvalue weighted by molar-refractivity contribution is 5.86. The second-order valence-electron chi connectivity index (χ2n) is 7.04. The maximum Gasteiger partial charge on any atom is 0.240 e. The minimum Gasteiger partial charge on any atom is -0.354 e. The summed E-state index contributed by atoms with van der Waals surface area (Å²) in [5.74, 6) is 1.96. The van der Waals surface area contributed by atoms with E-state index in [-0.39, 0.29) is 11.4 Å². The third-order valence-corrected chi connectivity index (χ3v) is 5.24. The molecule has 0 radical (unpaired) electrons. The topological polar surface area (TPSA) is 41.1 Å². The van der Waals surface area contributed by atoms with Gasteiger partial charge in [0, 0.05) is 6.54 Å². The summed E-state index contributed by atoms with van der Waals surface area (Å²) in [6.45, 7) is 6.39. The molecule has 116 valence electrons. The van der Waals surface area contributed by atoms with Gasteiger partial charge in [0.1, 0.15) is 0 Å². The van der Waals surface area contributed by atoms with Crippen molar-refractivity contribution >= 4 is 5.91 Å². The Kier molecular flexibility index (Phi) is 5.88. The van der Waals surface area contributed by atoms with E-state index in [1.807, 2.05) is 0 Å². The van der Waals surface area contributed by atoms with Gasteiger partial charge in [-0.15, -0.1) is 0 Å². The van der Waals surface area contributed by atoms with Crippen LogP contribution in [0.3, 0.4) is 0 Å². The average Bonchev–Trinajstić information content (AvgIpc) is 2.89. The van der Waals surface area contributed by atoms with Crippen LogP contribution in [-0.4, -0.2) is 24.5 Å². The molecule has 1 aliphatic carbocycles. The largest absolute Gasteiger partial charge is 0.354 e. The fraction of sp³-hybridized carbons (Fsp3) is 0.941. The highest BCUT2D eigenvalue weighted by atomic mass is 16.2. The first-order chi connectivity index (χ1) is 9.66. The molecule has 2 fully saturated rings. The molecule has 1 amide bonds. The maximum atomic E-state index is 12.5. The second-order valence-corrected chi connectivity index (χ2v) is 7.04. The summed E-state index contributed by atoms with van der Waals surface area (Å²) in [4.78, 5) is 12.5. The molecule has 1 aliphatic heterocycles. The zero-order valence-corrected chi connectivity index (χ0v) is 13.3. The van der Waals surface area contributed by atoms with Crippen LogP contribution in [0.2, 0.25) is 0 Å². The molecule has 2 aliphatic rings. The molecule has 2 N–H and O–H groups in total. The van der Waals surface area contributed by atoms with Crippen LogP contribution in [0.5, 0.6) is 0 Å². The van der Waals surface area contributed by atoms with E-state index in [0.717, 1.165) is 57.0 Å². The van der Waals surface area contributed by atoms with Crippen LogP contribution in [0.25, 0.3) is 0 Å². The van der Waals surface area contributed by atoms with Crippen molar-refractivity contribution < 1.29 is 4.79 Å². The quantitative estimate of drug-likeness (QED) is 0.784. The summed E-state index contributed by atoms with van der Waals surface area (Å²) in [5, 5.41) is 6.67. The normalized spacial score (nSPS) is 34.1. The van der Waals surface area contributed by atoms with Gasteiger partial charge in [-0.3, -0.25) is 4.79 Å². The van der Waals surface area contributed by atoms with E-state index in [1.165, 1.54) is 25.7 Å². The summed E-state index contributed by atoms with van der Waals surface area (Å²) >= 11 is 0. The number of rotatable bonds is 6. The molecule has 0 aromatic rings. The third-order valence-electron chi connectivity index (χ3n) is 5.24. The standard InChI is InChI=1S/C17H32N2O/c1-3-9-17(10-5-11-19-17)16(20)18-12-8-15-7-4-6-14(2)13-15/h14-15,19H,3-13H2,1-2H3,(H,18,20). The van der Waals surface area contributed by atoms with Crippen molar-refractivity contribution in [2.45, 2.75) is 77.2 Å². The number of carbonyl (C=O) groups is 1. The summed E-state index contributed by atoms with van der Waals surface area (Å²) < 4.78 is 0. The molecule has 0 bridgehead atoms. The van der Waals surface area contributed by atoms with Gasteiger partial charge in [-0.2, -0.15) is 0 Å². The molecule has 3 nitrogen and oxygen atoms in total. The highest BCUT2D eigenvalue weighted by Crippen LogP contribution is 2.30. The van der Waals surface area contributed by atoms with E-state index in [9.17, 15) is 4.79 Å². The fourth-order valence-electron chi connectivity index (χ4n) is 4.13. The van der Waals surface area contributed by atoms with Crippen LogP contribution in [0.4, 0.5) is 0 Å². The van der Waals surface area contributed by atoms with Crippen molar-refractivity contribution in [2.24, 2.45) is 11.8 Å². The summed E-state index contributed by atoms with van der Waals surface area (Å²) in [5.41, 5.74) is -0.255. The Morgan fingerprint density at radius 2 is 2.20 bits per heavy atom. The zero-order chi connectivity index (χ0) is 14.4. The van der Waals surface area contributed by atoms with Gasteiger partial charge in [0.2, 0.25) is 5.91 Å². The first kappa shape index (κ1) is 15.8. The summed E-state index contributed by atoms with van der Waals surface area (Å²) in [6, 6.07) is 0. The van der Waals surface area contributed by atoms with Crippen molar-refractivity contribution in [1.29, 1.82) is 0 Å². The van der Waals surface area contributed by atoms with Crippen LogP contribution in [-0.2, 0) is 4.79 Å². The van der Waals surface area contributed by atoms with Crippen molar-refractivity contribution in [2.75, 3.05) is 13.1 Å². The molecule has 20 heavy (non-hydrogen) atoms. The molecular formula is C17H32N2O. The van der Waals surface area contributed by atoms with Gasteiger partial charge >= 0.3 is 0 Å². The Labute approximate surface area is 124 Å². The van der Waals surface area contributed by atoms with Crippen molar-refractivity contribution in [1.82, 2.24) is 10.6 Å². The molecule has 2 rings (SSSR count). The molecule has 3 atom stereocenters. The Balaban J connectivity index is 1.73. The Bertz CT molecular complexity index is 310. The van der Waals surface area contributed by atoms with E-state index in [4.69, 9.17) is 0 Å². The van der Waals surface area contributed by atoms with Crippen LogP contribution in [0, 0.1) is 11.8 Å². The van der Waals surface area contributed by atoms with Crippen LogP contribution < -0.4 is 10.6 Å². The summed E-state index contributed by atoms with van der Waals surface area (Å²) in [7, 11) is 0. The van der Waals surface area contributed by atoms with Gasteiger partial charge < -0.3 is 10.6 Å². The van der Waals surface area contributed by atoms with E-state index in [1.54, 1.807) is 0 Å². The maximum absolute atomic E-state index is 12.5. The number of amides is 1. The lowest BCUT2D eigenvalue weighted by molar-refractivity contribution is -0.127. The van der Waals surface area contributed by atoms with Crippen LogP contribution in [0.1, 0.15) is 71.6 Å². The van der Waals surface area contributed by atoms with Gasteiger partial charge in [0.05, 0.1) is 5.54 Å². The lowest BCUT2D eigenvalue weighted by Crippen LogP contribution is -2.53. The Hall–Kier alpha value is -0.570. The first-order valence-corrected chi connectivity index (χ1v) is 8.69. The molecule has 0 aromatic heterocycles. The zero-order valence-electron chi connectivity index (χ0n) is 13.3. The molecule has 1 heterocycles. The minimum atomic E-state index is -0.255. The molecule has 0 spiro atoms. The van der Waals surface area contributed by atoms with E-state index >= 15 is 0 Å². The Morgan fingerprint density at radius 3 is 2.85 bits per heavy atom. The molecule has 3 heteroatoms. The number of hydrogen-bond donors (Lipinski definition) is 2. The fourth-order valence-corrected chi connectivity index (χ4v) is 4.13. The number of carbonyl (C=O) groups excluding carboxylic acids is 1. The van der Waals surface area contributed by atoms with Crippen molar-refractivity contribution in [3.05, 3.63) is 0 Å². The lowest BCUT2D eigenvalue weighted by Gasteiger charge is -2.29. The van der Waals surface area contributed by atoms with E-state index < -0.39 is 0 Å². The van der Waals surface area contributed by atoms with Gasteiger partial charge in [-0.05, 0) is 50.5 Å². The molecular weight excluding hydrogens is 248 g/mol. The van der Waals surface area contributed by atoms with Gasteiger partial charge in [-0.1, -0.05) is 39.5 Å². The third kappa shape index (κ3) is 3.97. The van der Waals surface area contributed by atoms with Gasteiger partial charge in [-0.25, -0.2) is 0 Å². The SMILES string of the molecule is CCCC1(C(=O)NCCC2CCCC(C)C2)CCCN1. The molecule has 1 saturated carbocycles. The van der Waals surface area contributed by atoms with Crippen LogP contribution >= 0.6 is 0 Å². The van der Waals surface area contributed by atoms with Crippen molar-refractivity contribution in [3.63, 3.8) is 0 Å². The lowest BCUT2D eigenvalue weighted by atomic mass is 9.81. The molecule has 3 unspecified atom stereocenters. The first-order valence-electron chi connectivity index (χ1n) is 8.69. The van der Waals surface area contributed by atoms with E-state index in [0.29, 0.717) is 0 Å². The smallest absolute Gasteiger partial charge is 0.240 e. The molecule has 1 saturated heterocycles. The highest BCUT2D eigenvalue weighted by Gasteiger charge is 2.39. The Morgan fingerprint density at radius 1 is 1.35 bits per heavy atom. The predicted octanol–water partition coefficient (Wildman–Crippen LogP) is 3.24. The van der Waals surface area contributed by atoms with Gasteiger partial charge in [0.15, 0.2) is 0 Å². The molecule has 0 aromatic carbocycles. The number of hydrogen-bond acceptors (Lipinski definition) is 2.